The maximum atomic E-state index is 12.1. The maximum Gasteiger partial charge on any atom is 0.230 e. The van der Waals surface area contributed by atoms with E-state index >= 15 is 0 Å². The second kappa shape index (κ2) is 8.17. The van der Waals surface area contributed by atoms with Crippen molar-refractivity contribution in [1.82, 2.24) is 20.2 Å². The van der Waals surface area contributed by atoms with Crippen LogP contribution in [0.1, 0.15) is 11.3 Å². The molecular weight excluding hydrogens is 364 g/mol. The van der Waals surface area contributed by atoms with Gasteiger partial charge in [-0.05, 0) is 30.7 Å². The van der Waals surface area contributed by atoms with Gasteiger partial charge in [0.2, 0.25) is 11.1 Å². The molecule has 0 aliphatic rings. The van der Waals surface area contributed by atoms with Crippen LogP contribution >= 0.6 is 11.8 Å². The molecule has 3 aromatic rings. The first-order valence-corrected chi connectivity index (χ1v) is 9.35. The largest absolute Gasteiger partial charge is 0.469 e. The number of nitrogens with two attached hydrogens (primary N) is 1. The molecule has 1 amide bonds. The Hall–Kier alpha value is -2.94. The van der Waals surface area contributed by atoms with Crippen LogP contribution in [0.4, 0.5) is 5.69 Å². The van der Waals surface area contributed by atoms with Crippen LogP contribution < -0.4 is 16.1 Å². The number of nitrogen functional groups attached to an aromatic ring is 1. The van der Waals surface area contributed by atoms with Gasteiger partial charge >= 0.3 is 0 Å². The summed E-state index contributed by atoms with van der Waals surface area (Å²) in [6.07, 6.45) is 1.57. The second-order valence-corrected chi connectivity index (χ2v) is 7.14. The number of nitrogens with zero attached hydrogens (tertiary/aromatic N) is 4. The topological polar surface area (TPSA) is 102 Å². The van der Waals surface area contributed by atoms with Gasteiger partial charge in [-0.15, -0.1) is 10.2 Å². The molecule has 0 atom stereocenters. The molecule has 27 heavy (non-hydrogen) atoms. The zero-order chi connectivity index (χ0) is 19.4. The molecule has 0 bridgehead atoms. The molecule has 8 nitrogen and oxygen atoms in total. The summed E-state index contributed by atoms with van der Waals surface area (Å²) in [5.74, 6) is 7.37. The summed E-state index contributed by atoms with van der Waals surface area (Å²) in [6.45, 7) is 2.30. The Morgan fingerprint density at radius 3 is 2.63 bits per heavy atom. The number of hydrogen-bond donors (Lipinski definition) is 2. The van der Waals surface area contributed by atoms with Gasteiger partial charge in [0.1, 0.15) is 5.76 Å². The van der Waals surface area contributed by atoms with Crippen molar-refractivity contribution in [2.24, 2.45) is 0 Å². The van der Waals surface area contributed by atoms with Crippen molar-refractivity contribution in [3.8, 4) is 11.4 Å². The number of carbonyl (C=O) groups is 1. The number of nitrogens with one attached hydrogen (secondary N) is 1. The van der Waals surface area contributed by atoms with E-state index in [1.807, 2.05) is 50.2 Å². The summed E-state index contributed by atoms with van der Waals surface area (Å²) in [5.41, 5.74) is 2.94. The Morgan fingerprint density at radius 1 is 1.26 bits per heavy atom. The van der Waals surface area contributed by atoms with E-state index in [9.17, 15) is 4.79 Å². The number of carbonyl (C=O) groups excluding carboxylic acids is 1. The van der Waals surface area contributed by atoms with Crippen LogP contribution in [0.15, 0.2) is 46.2 Å². The molecule has 0 saturated heterocycles. The Bertz CT molecular complexity index is 916. The lowest BCUT2D eigenvalue weighted by molar-refractivity contribution is -0.118. The zero-order valence-corrected chi connectivity index (χ0v) is 16.3. The monoisotopic (exact) mass is 386 g/mol. The van der Waals surface area contributed by atoms with Crippen LogP contribution in [0.25, 0.3) is 11.4 Å². The number of amides is 1. The molecule has 9 heteroatoms. The van der Waals surface area contributed by atoms with Gasteiger partial charge in [-0.2, -0.15) is 0 Å². The fourth-order valence-corrected chi connectivity index (χ4v) is 3.16. The van der Waals surface area contributed by atoms with E-state index < -0.39 is 0 Å². The van der Waals surface area contributed by atoms with E-state index in [4.69, 9.17) is 10.3 Å². The van der Waals surface area contributed by atoms with E-state index in [0.29, 0.717) is 23.3 Å². The molecule has 3 N–H and O–H groups in total. The minimum Gasteiger partial charge on any atom is -0.469 e. The van der Waals surface area contributed by atoms with Crippen LogP contribution in [0, 0.1) is 6.92 Å². The second-order valence-electron chi connectivity index (χ2n) is 6.19. The molecule has 0 spiro atoms. The highest BCUT2D eigenvalue weighted by Crippen LogP contribution is 2.24. The molecule has 3 rings (SSSR count). The minimum absolute atomic E-state index is 0.0965. The molecule has 0 unspecified atom stereocenters. The van der Waals surface area contributed by atoms with Crippen molar-refractivity contribution < 1.29 is 9.21 Å². The summed E-state index contributed by atoms with van der Waals surface area (Å²) >= 11 is 1.24. The molecule has 142 valence electrons. The molecule has 0 radical (unpaired) electrons. The number of benzene rings is 1. The van der Waals surface area contributed by atoms with Crippen molar-refractivity contribution in [3.05, 3.63) is 47.9 Å². The Morgan fingerprint density at radius 2 is 2.00 bits per heavy atom. The van der Waals surface area contributed by atoms with Crippen LogP contribution in [-0.4, -0.2) is 40.6 Å². The number of thioether (sulfide) groups is 1. The smallest absolute Gasteiger partial charge is 0.230 e. The number of furan rings is 1. The Labute approximate surface area is 161 Å². The first kappa shape index (κ1) is 18.8. The van der Waals surface area contributed by atoms with Crippen molar-refractivity contribution in [2.45, 2.75) is 18.6 Å². The maximum absolute atomic E-state index is 12.1. The minimum atomic E-state index is -0.0965. The average molecular weight is 386 g/mol. The highest BCUT2D eigenvalue weighted by Gasteiger charge is 2.16. The SMILES string of the molecule is Cc1occc1-c1nnc(SCC(=O)NCc2ccc(N(C)C)cc2)n1N. The van der Waals surface area contributed by atoms with Crippen molar-refractivity contribution in [2.75, 3.05) is 30.6 Å². The molecule has 2 heterocycles. The molecular formula is C18H22N6O2S. The lowest BCUT2D eigenvalue weighted by Gasteiger charge is -2.12. The van der Waals surface area contributed by atoms with Crippen LogP contribution in [-0.2, 0) is 11.3 Å². The number of hydrogen-bond acceptors (Lipinski definition) is 7. The van der Waals surface area contributed by atoms with Gasteiger partial charge in [-0.3, -0.25) is 4.79 Å². The first-order chi connectivity index (χ1) is 13.0. The molecule has 2 aromatic heterocycles. The lowest BCUT2D eigenvalue weighted by Crippen LogP contribution is -2.25. The third-order valence-electron chi connectivity index (χ3n) is 4.04. The van der Waals surface area contributed by atoms with Crippen LogP contribution in [0.3, 0.4) is 0 Å². The van der Waals surface area contributed by atoms with Crippen LogP contribution in [0.5, 0.6) is 0 Å². The van der Waals surface area contributed by atoms with Gasteiger partial charge in [0.15, 0.2) is 5.82 Å². The van der Waals surface area contributed by atoms with Gasteiger partial charge in [-0.1, -0.05) is 23.9 Å². The fourth-order valence-electron chi connectivity index (χ4n) is 2.47. The van der Waals surface area contributed by atoms with Gasteiger partial charge < -0.3 is 20.5 Å². The standard InChI is InChI=1S/C18H22N6O2S/c1-12-15(8-9-26-12)17-21-22-18(24(17)19)27-11-16(25)20-10-13-4-6-14(7-5-13)23(2)3/h4-9H,10-11,19H2,1-3H3,(H,20,25). The Balaban J connectivity index is 1.52. The van der Waals surface area contributed by atoms with E-state index in [0.717, 1.165) is 16.8 Å². The lowest BCUT2D eigenvalue weighted by atomic mass is 10.2. The average Bonchev–Trinajstić information content (AvgIpc) is 3.23. The van der Waals surface area contributed by atoms with Crippen molar-refractivity contribution >= 4 is 23.4 Å². The predicted octanol–water partition coefficient (Wildman–Crippen LogP) is 2.03. The quantitative estimate of drug-likeness (QED) is 0.473. The van der Waals surface area contributed by atoms with Crippen molar-refractivity contribution in [1.29, 1.82) is 0 Å². The molecule has 0 fully saturated rings. The van der Waals surface area contributed by atoms with E-state index in [1.165, 1.54) is 16.4 Å². The normalized spacial score (nSPS) is 10.8. The van der Waals surface area contributed by atoms with Gasteiger partial charge in [0.05, 0.1) is 17.6 Å². The van der Waals surface area contributed by atoms with E-state index in [2.05, 4.69) is 15.5 Å². The number of aryl methyl sites for hydroxylation is 1. The van der Waals surface area contributed by atoms with Gasteiger partial charge in [-0.25, -0.2) is 4.68 Å². The number of aromatic nitrogens is 3. The highest BCUT2D eigenvalue weighted by atomic mass is 32.2. The zero-order valence-electron chi connectivity index (χ0n) is 15.5. The van der Waals surface area contributed by atoms with Gasteiger partial charge in [0.25, 0.3) is 0 Å². The molecule has 0 aliphatic heterocycles. The summed E-state index contributed by atoms with van der Waals surface area (Å²) in [4.78, 5) is 14.1. The Kier molecular flexibility index (Phi) is 5.70. The fraction of sp³-hybridized carbons (Fsp3) is 0.278. The molecule has 0 aliphatic carbocycles. The molecule has 0 saturated carbocycles. The third-order valence-corrected chi connectivity index (χ3v) is 4.98. The predicted molar refractivity (Wildman–Crippen MR) is 106 cm³/mol. The van der Waals surface area contributed by atoms with E-state index in [1.54, 1.807) is 12.3 Å². The van der Waals surface area contributed by atoms with Crippen LogP contribution in [0.2, 0.25) is 0 Å². The van der Waals surface area contributed by atoms with Gasteiger partial charge in [0, 0.05) is 26.3 Å². The highest BCUT2D eigenvalue weighted by molar-refractivity contribution is 7.99. The molecule has 1 aromatic carbocycles. The van der Waals surface area contributed by atoms with Crippen molar-refractivity contribution in [3.63, 3.8) is 0 Å². The third kappa shape index (κ3) is 4.43. The first-order valence-electron chi connectivity index (χ1n) is 8.36. The summed E-state index contributed by atoms with van der Waals surface area (Å²) in [7, 11) is 3.98. The summed E-state index contributed by atoms with van der Waals surface area (Å²) in [6, 6.07) is 9.82. The summed E-state index contributed by atoms with van der Waals surface area (Å²) in [5, 5.41) is 11.5. The number of anilines is 1. The summed E-state index contributed by atoms with van der Waals surface area (Å²) < 4.78 is 6.64. The number of rotatable bonds is 7. The van der Waals surface area contributed by atoms with E-state index in [-0.39, 0.29) is 11.7 Å².